The number of nitro benzene ring substituents is 1. The monoisotopic (exact) mass is 392 g/mol. The van der Waals surface area contributed by atoms with Gasteiger partial charge in [0.25, 0.3) is 5.69 Å². The summed E-state index contributed by atoms with van der Waals surface area (Å²) in [6, 6.07) is 11.2. The summed E-state index contributed by atoms with van der Waals surface area (Å²) in [4.78, 5) is 48.7. The third-order valence-corrected chi connectivity index (χ3v) is 5.13. The van der Waals surface area contributed by atoms with Crippen LogP contribution in [0.5, 0.6) is 5.75 Å². The summed E-state index contributed by atoms with van der Waals surface area (Å²) in [6.45, 7) is 0. The van der Waals surface area contributed by atoms with E-state index >= 15 is 0 Å². The number of ether oxygens (including phenoxy) is 1. The highest BCUT2D eigenvalue weighted by Gasteiger charge is 2.47. The summed E-state index contributed by atoms with van der Waals surface area (Å²) >= 11 is 0. The van der Waals surface area contributed by atoms with Gasteiger partial charge in [-0.15, -0.1) is 0 Å². The molecule has 1 heterocycles. The standard InChI is InChI=1S/C21H16N2O6/c24-19-17-3-1-2-4-18(17)20(25)22(19)14-9-11-16(12-10-14)29-21(26)13-5-7-15(8-6-13)23(27)28/h1-2,5-12,17-18H,3-4H2/t17-,18-/m1/s1. The van der Waals surface area contributed by atoms with Crippen LogP contribution in [0.2, 0.25) is 0 Å². The van der Waals surface area contributed by atoms with Crippen LogP contribution in [0.1, 0.15) is 23.2 Å². The van der Waals surface area contributed by atoms with Crippen molar-refractivity contribution in [3.63, 3.8) is 0 Å². The number of non-ortho nitro benzene ring substituents is 1. The summed E-state index contributed by atoms with van der Waals surface area (Å²) in [5.74, 6) is -1.48. The van der Waals surface area contributed by atoms with Crippen molar-refractivity contribution in [3.8, 4) is 5.75 Å². The van der Waals surface area contributed by atoms with Gasteiger partial charge in [0.1, 0.15) is 5.75 Å². The first-order chi connectivity index (χ1) is 14.0. The van der Waals surface area contributed by atoms with E-state index in [9.17, 15) is 24.5 Å². The Kier molecular flexibility index (Phi) is 4.67. The van der Waals surface area contributed by atoms with Gasteiger partial charge in [-0.1, -0.05) is 12.2 Å². The van der Waals surface area contributed by atoms with E-state index in [4.69, 9.17) is 4.74 Å². The molecule has 29 heavy (non-hydrogen) atoms. The van der Waals surface area contributed by atoms with Crippen LogP contribution in [0.15, 0.2) is 60.7 Å². The Labute approximate surface area is 165 Å². The minimum Gasteiger partial charge on any atom is -0.423 e. The summed E-state index contributed by atoms with van der Waals surface area (Å²) in [5.41, 5.74) is 0.479. The van der Waals surface area contributed by atoms with E-state index in [1.807, 2.05) is 12.2 Å². The normalized spacial score (nSPS) is 20.5. The highest BCUT2D eigenvalue weighted by molar-refractivity contribution is 6.22. The second kappa shape index (κ2) is 7.31. The molecule has 0 aromatic heterocycles. The second-order valence-electron chi connectivity index (χ2n) is 6.86. The molecule has 2 aromatic carbocycles. The van der Waals surface area contributed by atoms with Crippen LogP contribution >= 0.6 is 0 Å². The Hall–Kier alpha value is -3.81. The van der Waals surface area contributed by atoms with Gasteiger partial charge < -0.3 is 4.74 Å². The summed E-state index contributed by atoms with van der Waals surface area (Å²) < 4.78 is 5.26. The van der Waals surface area contributed by atoms with Crippen molar-refractivity contribution in [2.75, 3.05) is 4.90 Å². The topological polar surface area (TPSA) is 107 Å². The molecule has 0 radical (unpaired) electrons. The van der Waals surface area contributed by atoms with Gasteiger partial charge in [-0.2, -0.15) is 0 Å². The summed E-state index contributed by atoms with van der Waals surface area (Å²) in [7, 11) is 0. The fraction of sp³-hybridized carbons (Fsp3) is 0.190. The Morgan fingerprint density at radius 3 is 2.00 bits per heavy atom. The van der Waals surface area contributed by atoms with Gasteiger partial charge in [0.2, 0.25) is 11.8 Å². The lowest BCUT2D eigenvalue weighted by atomic mass is 9.85. The zero-order chi connectivity index (χ0) is 20.5. The third-order valence-electron chi connectivity index (χ3n) is 5.13. The number of nitrogens with zero attached hydrogens (tertiary/aromatic N) is 2. The Bertz CT molecular complexity index is 1000. The first kappa shape index (κ1) is 18.5. The largest absolute Gasteiger partial charge is 0.423 e. The van der Waals surface area contributed by atoms with Crippen molar-refractivity contribution in [2.45, 2.75) is 12.8 Å². The molecule has 2 aliphatic rings. The molecule has 1 saturated heterocycles. The van der Waals surface area contributed by atoms with E-state index in [1.54, 1.807) is 12.1 Å². The highest BCUT2D eigenvalue weighted by Crippen LogP contribution is 2.38. The summed E-state index contributed by atoms with van der Waals surface area (Å²) in [6.07, 6.45) is 4.99. The first-order valence-electron chi connectivity index (χ1n) is 9.05. The number of benzene rings is 2. The van der Waals surface area contributed by atoms with Crippen LogP contribution in [-0.4, -0.2) is 22.7 Å². The van der Waals surface area contributed by atoms with Crippen LogP contribution in [0, 0.1) is 22.0 Å². The van der Waals surface area contributed by atoms with Gasteiger partial charge >= 0.3 is 5.97 Å². The number of allylic oxidation sites excluding steroid dienone is 2. The van der Waals surface area contributed by atoms with E-state index in [0.29, 0.717) is 18.5 Å². The van der Waals surface area contributed by atoms with Crippen LogP contribution in [0.4, 0.5) is 11.4 Å². The molecule has 8 heteroatoms. The van der Waals surface area contributed by atoms with Crippen molar-refractivity contribution in [1.29, 1.82) is 0 Å². The van der Waals surface area contributed by atoms with Crippen molar-refractivity contribution in [1.82, 2.24) is 0 Å². The number of amides is 2. The molecule has 0 saturated carbocycles. The number of hydrogen-bond donors (Lipinski definition) is 0. The highest BCUT2D eigenvalue weighted by atomic mass is 16.6. The van der Waals surface area contributed by atoms with Crippen molar-refractivity contribution >= 4 is 29.2 Å². The lowest BCUT2D eigenvalue weighted by molar-refractivity contribution is -0.384. The number of carbonyl (C=O) groups is 3. The van der Waals surface area contributed by atoms with Crippen LogP contribution in [-0.2, 0) is 9.59 Å². The molecule has 0 N–H and O–H groups in total. The van der Waals surface area contributed by atoms with Crippen LogP contribution in [0.25, 0.3) is 0 Å². The van der Waals surface area contributed by atoms with E-state index < -0.39 is 10.9 Å². The van der Waals surface area contributed by atoms with Crippen molar-refractivity contribution in [2.24, 2.45) is 11.8 Å². The van der Waals surface area contributed by atoms with Crippen LogP contribution in [0.3, 0.4) is 0 Å². The molecule has 0 spiro atoms. The second-order valence-corrected chi connectivity index (χ2v) is 6.86. The molecular formula is C21H16N2O6. The maximum atomic E-state index is 12.6. The number of carbonyl (C=O) groups excluding carboxylic acids is 3. The quantitative estimate of drug-likeness (QED) is 0.197. The number of rotatable bonds is 4. The average Bonchev–Trinajstić information content (AvgIpc) is 2.99. The number of hydrogen-bond acceptors (Lipinski definition) is 6. The first-order valence-corrected chi connectivity index (χ1v) is 9.05. The predicted octanol–water partition coefficient (Wildman–Crippen LogP) is 3.27. The van der Waals surface area contributed by atoms with E-state index in [0.717, 1.165) is 0 Å². The minimum atomic E-state index is -0.668. The fourth-order valence-corrected chi connectivity index (χ4v) is 3.60. The molecule has 146 valence electrons. The smallest absolute Gasteiger partial charge is 0.343 e. The molecule has 8 nitrogen and oxygen atoms in total. The maximum absolute atomic E-state index is 12.6. The number of anilines is 1. The molecule has 2 atom stereocenters. The number of nitro groups is 1. The predicted molar refractivity (Wildman–Crippen MR) is 102 cm³/mol. The summed E-state index contributed by atoms with van der Waals surface area (Å²) in [5, 5.41) is 10.7. The van der Waals surface area contributed by atoms with E-state index in [2.05, 4.69) is 0 Å². The Morgan fingerprint density at radius 2 is 1.48 bits per heavy atom. The SMILES string of the molecule is O=C(Oc1ccc(N2C(=O)[C@@H]3CC=CC[C@H]3C2=O)cc1)c1ccc([N+](=O)[O-])cc1. The molecule has 4 rings (SSSR count). The minimum absolute atomic E-state index is 0.124. The van der Waals surface area contributed by atoms with Gasteiger partial charge in [0.05, 0.1) is 28.0 Å². The van der Waals surface area contributed by atoms with Crippen LogP contribution < -0.4 is 9.64 Å². The molecule has 0 bridgehead atoms. The molecule has 1 aliphatic heterocycles. The third kappa shape index (κ3) is 3.40. The average molecular weight is 392 g/mol. The van der Waals surface area contributed by atoms with E-state index in [-0.39, 0.29) is 40.7 Å². The molecular weight excluding hydrogens is 376 g/mol. The number of esters is 1. The Morgan fingerprint density at radius 1 is 0.931 bits per heavy atom. The lowest BCUT2D eigenvalue weighted by Gasteiger charge is -2.15. The fourth-order valence-electron chi connectivity index (χ4n) is 3.60. The number of fused-ring (bicyclic) bond motifs is 1. The van der Waals surface area contributed by atoms with Gasteiger partial charge in [0, 0.05) is 12.1 Å². The number of imide groups is 1. The van der Waals surface area contributed by atoms with Gasteiger partial charge in [-0.25, -0.2) is 4.79 Å². The molecule has 1 aliphatic carbocycles. The molecule has 1 fully saturated rings. The van der Waals surface area contributed by atoms with Gasteiger partial charge in [-0.05, 0) is 49.2 Å². The van der Waals surface area contributed by atoms with Gasteiger partial charge in [-0.3, -0.25) is 24.6 Å². The zero-order valence-corrected chi connectivity index (χ0v) is 15.2. The Balaban J connectivity index is 1.47. The molecule has 2 aromatic rings. The molecule has 0 unspecified atom stereocenters. The van der Waals surface area contributed by atoms with Gasteiger partial charge in [0.15, 0.2) is 0 Å². The van der Waals surface area contributed by atoms with Crippen molar-refractivity contribution < 1.29 is 24.0 Å². The molecule has 2 amide bonds. The zero-order valence-electron chi connectivity index (χ0n) is 15.2. The van der Waals surface area contributed by atoms with Crippen molar-refractivity contribution in [3.05, 3.63) is 76.4 Å². The maximum Gasteiger partial charge on any atom is 0.343 e. The van der Waals surface area contributed by atoms with E-state index in [1.165, 1.54) is 41.3 Å². The lowest BCUT2D eigenvalue weighted by Crippen LogP contribution is -2.30.